The first-order valence-electron chi connectivity index (χ1n) is 9.85. The topological polar surface area (TPSA) is 150 Å². The van der Waals surface area contributed by atoms with Gasteiger partial charge in [-0.05, 0) is 54.4 Å². The zero-order valence-corrected chi connectivity index (χ0v) is 17.6. The van der Waals surface area contributed by atoms with Crippen LogP contribution in [0.1, 0.15) is 42.2 Å². The van der Waals surface area contributed by atoms with Crippen molar-refractivity contribution in [3.8, 4) is 0 Å². The van der Waals surface area contributed by atoms with Gasteiger partial charge in [-0.25, -0.2) is 9.69 Å². The highest BCUT2D eigenvalue weighted by Gasteiger charge is 2.38. The second-order valence-corrected chi connectivity index (χ2v) is 7.43. The summed E-state index contributed by atoms with van der Waals surface area (Å²) in [6.07, 6.45) is 0. The Morgan fingerprint density at radius 2 is 1.47 bits per heavy atom. The highest BCUT2D eigenvalue weighted by molar-refractivity contribution is 6.35. The van der Waals surface area contributed by atoms with Crippen LogP contribution in [0.4, 0.5) is 17.1 Å². The lowest BCUT2D eigenvalue weighted by Crippen LogP contribution is -2.30. The quantitative estimate of drug-likeness (QED) is 0.232. The molecule has 0 unspecified atom stereocenters. The van der Waals surface area contributed by atoms with E-state index in [1.165, 1.54) is 60.7 Å². The number of nitrogens with zero attached hydrogens (tertiary/aromatic N) is 3. The number of imide groups is 1. The Balaban J connectivity index is 1.53. The van der Waals surface area contributed by atoms with E-state index in [2.05, 4.69) is 0 Å². The van der Waals surface area contributed by atoms with Crippen LogP contribution in [-0.2, 0) is 11.3 Å². The summed E-state index contributed by atoms with van der Waals surface area (Å²) in [4.78, 5) is 59.8. The number of anilines is 1. The number of carbonyl (C=O) groups excluding carboxylic acids is 3. The van der Waals surface area contributed by atoms with Gasteiger partial charge in [0.2, 0.25) is 0 Å². The van der Waals surface area contributed by atoms with Gasteiger partial charge in [-0.15, -0.1) is 0 Å². The van der Waals surface area contributed by atoms with Crippen molar-refractivity contribution in [3.05, 3.63) is 109 Å². The van der Waals surface area contributed by atoms with Gasteiger partial charge in [0.05, 0.1) is 32.2 Å². The maximum atomic E-state index is 13.0. The van der Waals surface area contributed by atoms with E-state index in [4.69, 9.17) is 4.74 Å². The van der Waals surface area contributed by atoms with Crippen LogP contribution >= 0.6 is 0 Å². The van der Waals surface area contributed by atoms with Gasteiger partial charge in [-0.2, -0.15) is 0 Å². The van der Waals surface area contributed by atoms with E-state index < -0.39 is 27.6 Å². The summed E-state index contributed by atoms with van der Waals surface area (Å²) < 4.78 is 5.22. The molecule has 0 aromatic heterocycles. The van der Waals surface area contributed by atoms with Crippen LogP contribution in [0.2, 0.25) is 0 Å². The van der Waals surface area contributed by atoms with Crippen LogP contribution in [0.15, 0.2) is 60.7 Å². The van der Waals surface area contributed by atoms with Crippen molar-refractivity contribution in [1.82, 2.24) is 0 Å². The number of amides is 2. The summed E-state index contributed by atoms with van der Waals surface area (Å²) in [5.41, 5.74) is 0.989. The molecule has 1 aliphatic rings. The molecular formula is C23H15N3O8. The number of esters is 1. The largest absolute Gasteiger partial charge is 0.457 e. The highest BCUT2D eigenvalue weighted by Crippen LogP contribution is 2.33. The standard InChI is InChI=1S/C23H15N3O8/c1-13-10-17(26(32)33)7-9-20(13)24-21(27)18-8-4-15(11-19(18)22(24)28)23(29)34-12-14-2-5-16(6-3-14)25(30)31/h2-11H,12H2,1H3. The van der Waals surface area contributed by atoms with Crippen LogP contribution in [0, 0.1) is 27.2 Å². The molecule has 0 fully saturated rings. The third-order valence-electron chi connectivity index (χ3n) is 5.27. The average molecular weight is 461 g/mol. The van der Waals surface area contributed by atoms with E-state index in [0.717, 1.165) is 4.90 Å². The molecule has 0 aliphatic carbocycles. The van der Waals surface area contributed by atoms with Crippen LogP contribution in [0.5, 0.6) is 0 Å². The Morgan fingerprint density at radius 1 is 0.853 bits per heavy atom. The number of non-ortho nitro benzene ring substituents is 2. The third kappa shape index (κ3) is 3.97. The lowest BCUT2D eigenvalue weighted by Gasteiger charge is -2.16. The SMILES string of the molecule is Cc1cc([N+](=O)[O-])ccc1N1C(=O)c2ccc(C(=O)OCc3ccc([N+](=O)[O-])cc3)cc2C1=O. The maximum Gasteiger partial charge on any atom is 0.338 e. The molecule has 0 atom stereocenters. The fourth-order valence-corrected chi connectivity index (χ4v) is 3.54. The molecule has 0 saturated carbocycles. The van der Waals surface area contributed by atoms with Gasteiger partial charge in [0.1, 0.15) is 6.61 Å². The van der Waals surface area contributed by atoms with E-state index in [-0.39, 0.29) is 40.4 Å². The van der Waals surface area contributed by atoms with E-state index in [1.54, 1.807) is 6.92 Å². The van der Waals surface area contributed by atoms with Gasteiger partial charge in [-0.3, -0.25) is 29.8 Å². The number of aryl methyl sites for hydroxylation is 1. The molecule has 1 aliphatic heterocycles. The Labute approximate surface area is 191 Å². The smallest absolute Gasteiger partial charge is 0.338 e. The molecule has 3 aromatic carbocycles. The molecule has 11 nitrogen and oxygen atoms in total. The Morgan fingerprint density at radius 3 is 2.09 bits per heavy atom. The van der Waals surface area contributed by atoms with Crippen molar-refractivity contribution in [2.75, 3.05) is 4.90 Å². The third-order valence-corrected chi connectivity index (χ3v) is 5.27. The second kappa shape index (κ2) is 8.54. The molecule has 1 heterocycles. The average Bonchev–Trinajstić information content (AvgIpc) is 3.07. The molecule has 170 valence electrons. The zero-order chi connectivity index (χ0) is 24.6. The van der Waals surface area contributed by atoms with Crippen LogP contribution in [-0.4, -0.2) is 27.6 Å². The molecule has 0 bridgehead atoms. The minimum absolute atomic E-state index is 0.00698. The fourth-order valence-electron chi connectivity index (χ4n) is 3.54. The van der Waals surface area contributed by atoms with Gasteiger partial charge in [0.15, 0.2) is 0 Å². The van der Waals surface area contributed by atoms with E-state index in [9.17, 15) is 34.6 Å². The Bertz CT molecular complexity index is 1380. The molecular weight excluding hydrogens is 446 g/mol. The molecule has 3 aromatic rings. The van der Waals surface area contributed by atoms with E-state index in [0.29, 0.717) is 11.1 Å². The number of nitro benzene ring substituents is 2. The molecule has 0 N–H and O–H groups in total. The molecule has 4 rings (SSSR count). The lowest BCUT2D eigenvalue weighted by atomic mass is 10.1. The van der Waals surface area contributed by atoms with E-state index >= 15 is 0 Å². The van der Waals surface area contributed by atoms with Crippen LogP contribution in [0.25, 0.3) is 0 Å². The minimum Gasteiger partial charge on any atom is -0.457 e. The Kier molecular flexibility index (Phi) is 5.60. The zero-order valence-electron chi connectivity index (χ0n) is 17.6. The number of carbonyl (C=O) groups is 3. The van der Waals surface area contributed by atoms with Crippen molar-refractivity contribution in [3.63, 3.8) is 0 Å². The number of rotatable bonds is 6. The first-order chi connectivity index (χ1) is 16.2. The minimum atomic E-state index is -0.744. The number of benzene rings is 3. The fraction of sp³-hybridized carbons (Fsp3) is 0.0870. The summed E-state index contributed by atoms with van der Waals surface area (Å²) in [5, 5.41) is 21.7. The monoisotopic (exact) mass is 461 g/mol. The number of fused-ring (bicyclic) bond motifs is 1. The Hall–Kier alpha value is -4.93. The van der Waals surface area contributed by atoms with Crippen molar-refractivity contribution in [1.29, 1.82) is 0 Å². The van der Waals surface area contributed by atoms with Gasteiger partial charge >= 0.3 is 5.97 Å². The van der Waals surface area contributed by atoms with Gasteiger partial charge in [0.25, 0.3) is 23.2 Å². The normalized spacial score (nSPS) is 12.4. The number of nitro groups is 2. The highest BCUT2D eigenvalue weighted by atomic mass is 16.6. The number of hydrogen-bond acceptors (Lipinski definition) is 8. The van der Waals surface area contributed by atoms with Gasteiger partial charge in [0, 0.05) is 24.3 Å². The van der Waals surface area contributed by atoms with Crippen LogP contribution < -0.4 is 4.90 Å². The predicted octanol–water partition coefficient (Wildman–Crippen LogP) is 3.97. The number of hydrogen-bond donors (Lipinski definition) is 0. The molecule has 34 heavy (non-hydrogen) atoms. The summed E-state index contributed by atoms with van der Waals surface area (Å²) in [5.74, 6) is -2.02. The summed E-state index contributed by atoms with van der Waals surface area (Å²) in [6.45, 7) is 1.40. The van der Waals surface area contributed by atoms with Crippen LogP contribution in [0.3, 0.4) is 0 Å². The summed E-state index contributed by atoms with van der Waals surface area (Å²) in [6, 6.07) is 13.2. The summed E-state index contributed by atoms with van der Waals surface area (Å²) in [7, 11) is 0. The first-order valence-corrected chi connectivity index (χ1v) is 9.85. The predicted molar refractivity (Wildman–Crippen MR) is 118 cm³/mol. The molecule has 0 spiro atoms. The lowest BCUT2D eigenvalue weighted by molar-refractivity contribution is -0.385. The maximum absolute atomic E-state index is 13.0. The molecule has 11 heteroatoms. The molecule has 0 saturated heterocycles. The van der Waals surface area contributed by atoms with Gasteiger partial charge < -0.3 is 4.74 Å². The van der Waals surface area contributed by atoms with Gasteiger partial charge in [-0.1, -0.05) is 0 Å². The molecule has 2 amide bonds. The van der Waals surface area contributed by atoms with Crippen molar-refractivity contribution in [2.45, 2.75) is 13.5 Å². The van der Waals surface area contributed by atoms with E-state index in [1.807, 2.05) is 0 Å². The second-order valence-electron chi connectivity index (χ2n) is 7.43. The van der Waals surface area contributed by atoms with Crippen molar-refractivity contribution < 1.29 is 29.0 Å². The summed E-state index contributed by atoms with van der Waals surface area (Å²) >= 11 is 0. The van der Waals surface area contributed by atoms with Crippen molar-refractivity contribution in [2.24, 2.45) is 0 Å². The van der Waals surface area contributed by atoms with Crippen molar-refractivity contribution >= 4 is 34.8 Å². The number of ether oxygens (including phenoxy) is 1. The molecule has 0 radical (unpaired) electrons. The first kappa shape index (κ1) is 22.3.